The number of benzene rings is 1. The number of aliphatic hydroxyl groups is 1. The van der Waals surface area contributed by atoms with Gasteiger partial charge in [0, 0.05) is 5.56 Å². The molecule has 0 radical (unpaired) electrons. The molecule has 0 aliphatic carbocycles. The SMILES string of the molecule is CCCOC(=O)c1cccc(-c2ccc(CO)o2)c1. The molecule has 1 aromatic carbocycles. The standard InChI is InChI=1S/C15H16O4/c1-2-8-18-15(17)12-5-3-4-11(9-12)14-7-6-13(10-16)19-14/h3-7,9,16H,2,8,10H2,1H3. The number of ether oxygens (including phenoxy) is 1. The van der Waals surface area contributed by atoms with Gasteiger partial charge in [0.1, 0.15) is 18.1 Å². The van der Waals surface area contributed by atoms with Gasteiger partial charge in [0.05, 0.1) is 12.2 Å². The van der Waals surface area contributed by atoms with E-state index in [9.17, 15) is 4.79 Å². The van der Waals surface area contributed by atoms with Crippen molar-refractivity contribution in [1.29, 1.82) is 0 Å². The van der Waals surface area contributed by atoms with E-state index >= 15 is 0 Å². The average Bonchev–Trinajstić information content (AvgIpc) is 2.94. The lowest BCUT2D eigenvalue weighted by Gasteiger charge is -2.04. The van der Waals surface area contributed by atoms with E-state index in [2.05, 4.69) is 0 Å². The minimum atomic E-state index is -0.336. The van der Waals surface area contributed by atoms with Crippen molar-refractivity contribution in [3.63, 3.8) is 0 Å². The quantitative estimate of drug-likeness (QED) is 0.839. The molecule has 4 heteroatoms. The molecule has 0 spiro atoms. The van der Waals surface area contributed by atoms with Crippen LogP contribution >= 0.6 is 0 Å². The maximum Gasteiger partial charge on any atom is 0.338 e. The van der Waals surface area contributed by atoms with Crippen molar-refractivity contribution >= 4 is 5.97 Å². The first-order valence-electron chi connectivity index (χ1n) is 6.21. The first kappa shape index (κ1) is 13.4. The van der Waals surface area contributed by atoms with Crippen LogP contribution in [-0.4, -0.2) is 17.7 Å². The van der Waals surface area contributed by atoms with Crippen molar-refractivity contribution in [2.45, 2.75) is 20.0 Å². The summed E-state index contributed by atoms with van der Waals surface area (Å²) < 4.78 is 10.5. The molecule has 0 fully saturated rings. The summed E-state index contributed by atoms with van der Waals surface area (Å²) in [4.78, 5) is 11.8. The second-order valence-corrected chi connectivity index (χ2v) is 4.14. The molecule has 0 saturated carbocycles. The lowest BCUT2D eigenvalue weighted by atomic mass is 10.1. The van der Waals surface area contributed by atoms with Crippen LogP contribution in [0.2, 0.25) is 0 Å². The molecule has 0 aliphatic heterocycles. The number of carbonyl (C=O) groups is 1. The van der Waals surface area contributed by atoms with Crippen LogP contribution in [-0.2, 0) is 11.3 Å². The van der Waals surface area contributed by atoms with E-state index in [0.717, 1.165) is 12.0 Å². The minimum Gasteiger partial charge on any atom is -0.462 e. The summed E-state index contributed by atoms with van der Waals surface area (Å²) in [6.45, 7) is 2.22. The third-order valence-corrected chi connectivity index (χ3v) is 2.64. The van der Waals surface area contributed by atoms with Gasteiger partial charge in [0.15, 0.2) is 0 Å². The van der Waals surface area contributed by atoms with Gasteiger partial charge in [0.2, 0.25) is 0 Å². The topological polar surface area (TPSA) is 59.7 Å². The monoisotopic (exact) mass is 260 g/mol. The number of hydrogen-bond donors (Lipinski definition) is 1. The molecule has 19 heavy (non-hydrogen) atoms. The van der Waals surface area contributed by atoms with E-state index in [0.29, 0.717) is 23.7 Å². The summed E-state index contributed by atoms with van der Waals surface area (Å²) in [6, 6.07) is 10.5. The molecule has 0 saturated heterocycles. The third-order valence-electron chi connectivity index (χ3n) is 2.64. The summed E-state index contributed by atoms with van der Waals surface area (Å²) in [5.41, 5.74) is 1.28. The highest BCUT2D eigenvalue weighted by atomic mass is 16.5. The fourth-order valence-corrected chi connectivity index (χ4v) is 1.70. The Balaban J connectivity index is 2.21. The maximum atomic E-state index is 11.8. The predicted molar refractivity (Wildman–Crippen MR) is 70.6 cm³/mol. The average molecular weight is 260 g/mol. The second-order valence-electron chi connectivity index (χ2n) is 4.14. The van der Waals surface area contributed by atoms with E-state index in [1.807, 2.05) is 13.0 Å². The van der Waals surface area contributed by atoms with Gasteiger partial charge in [-0.1, -0.05) is 19.1 Å². The Morgan fingerprint density at radius 3 is 2.84 bits per heavy atom. The van der Waals surface area contributed by atoms with Crippen molar-refractivity contribution in [2.24, 2.45) is 0 Å². The largest absolute Gasteiger partial charge is 0.462 e. The summed E-state index contributed by atoms with van der Waals surface area (Å²) in [5.74, 6) is 0.779. The Morgan fingerprint density at radius 1 is 1.32 bits per heavy atom. The molecule has 1 heterocycles. The number of rotatable bonds is 5. The molecular weight excluding hydrogens is 244 g/mol. The number of esters is 1. The van der Waals surface area contributed by atoms with Crippen LogP contribution in [0.15, 0.2) is 40.8 Å². The van der Waals surface area contributed by atoms with Gasteiger partial charge in [-0.15, -0.1) is 0 Å². The second kappa shape index (κ2) is 6.20. The lowest BCUT2D eigenvalue weighted by molar-refractivity contribution is 0.0505. The van der Waals surface area contributed by atoms with Gasteiger partial charge in [0.25, 0.3) is 0 Å². The first-order valence-corrected chi connectivity index (χ1v) is 6.21. The van der Waals surface area contributed by atoms with Crippen molar-refractivity contribution in [3.05, 3.63) is 47.7 Å². The lowest BCUT2D eigenvalue weighted by Crippen LogP contribution is -2.05. The summed E-state index contributed by atoms with van der Waals surface area (Å²) in [7, 11) is 0. The van der Waals surface area contributed by atoms with Gasteiger partial charge in [-0.25, -0.2) is 4.79 Å². The van der Waals surface area contributed by atoms with Crippen LogP contribution in [0.1, 0.15) is 29.5 Å². The minimum absolute atomic E-state index is 0.141. The Morgan fingerprint density at radius 2 is 2.16 bits per heavy atom. The highest BCUT2D eigenvalue weighted by molar-refractivity contribution is 5.90. The van der Waals surface area contributed by atoms with Crippen LogP contribution in [0.5, 0.6) is 0 Å². The summed E-state index contributed by atoms with van der Waals surface area (Å²) >= 11 is 0. The molecule has 0 aliphatic rings. The van der Waals surface area contributed by atoms with Crippen molar-refractivity contribution in [2.75, 3.05) is 6.61 Å². The first-order chi connectivity index (χ1) is 9.24. The zero-order valence-electron chi connectivity index (χ0n) is 10.8. The zero-order chi connectivity index (χ0) is 13.7. The third kappa shape index (κ3) is 3.23. The van der Waals surface area contributed by atoms with Crippen molar-refractivity contribution in [1.82, 2.24) is 0 Å². The molecule has 1 N–H and O–H groups in total. The van der Waals surface area contributed by atoms with Crippen molar-refractivity contribution < 1.29 is 19.1 Å². The maximum absolute atomic E-state index is 11.8. The molecule has 1 aromatic heterocycles. The normalized spacial score (nSPS) is 10.4. The molecule has 4 nitrogen and oxygen atoms in total. The van der Waals surface area contributed by atoms with E-state index in [1.165, 1.54) is 0 Å². The van der Waals surface area contributed by atoms with E-state index in [1.54, 1.807) is 30.3 Å². The number of furan rings is 1. The van der Waals surface area contributed by atoms with Crippen molar-refractivity contribution in [3.8, 4) is 11.3 Å². The Bertz CT molecular complexity index is 557. The molecule has 0 atom stereocenters. The predicted octanol–water partition coefficient (Wildman–Crippen LogP) is 3.01. The van der Waals surface area contributed by atoms with Crippen LogP contribution in [0.4, 0.5) is 0 Å². The molecule has 100 valence electrons. The van der Waals surface area contributed by atoms with Gasteiger partial charge < -0.3 is 14.3 Å². The zero-order valence-corrected chi connectivity index (χ0v) is 10.8. The Kier molecular flexibility index (Phi) is 4.36. The highest BCUT2D eigenvalue weighted by Gasteiger charge is 2.10. The fourth-order valence-electron chi connectivity index (χ4n) is 1.70. The summed E-state index contributed by atoms with van der Waals surface area (Å²) in [6.07, 6.45) is 0.795. The number of aliphatic hydroxyl groups excluding tert-OH is 1. The molecule has 0 amide bonds. The Labute approximate surface area is 111 Å². The van der Waals surface area contributed by atoms with Crippen LogP contribution < -0.4 is 0 Å². The molecular formula is C15H16O4. The van der Waals surface area contributed by atoms with Crippen LogP contribution in [0.3, 0.4) is 0 Å². The molecule has 0 bridgehead atoms. The van der Waals surface area contributed by atoms with Gasteiger partial charge in [-0.3, -0.25) is 0 Å². The van der Waals surface area contributed by atoms with E-state index in [4.69, 9.17) is 14.3 Å². The van der Waals surface area contributed by atoms with Gasteiger partial charge in [-0.2, -0.15) is 0 Å². The smallest absolute Gasteiger partial charge is 0.338 e. The fraction of sp³-hybridized carbons (Fsp3) is 0.267. The molecule has 2 rings (SSSR count). The van der Waals surface area contributed by atoms with E-state index in [-0.39, 0.29) is 12.6 Å². The Hall–Kier alpha value is -2.07. The molecule has 2 aromatic rings. The number of carbonyl (C=O) groups excluding carboxylic acids is 1. The highest BCUT2D eigenvalue weighted by Crippen LogP contribution is 2.23. The van der Waals surface area contributed by atoms with Crippen LogP contribution in [0, 0.1) is 0 Å². The number of hydrogen-bond acceptors (Lipinski definition) is 4. The van der Waals surface area contributed by atoms with Gasteiger partial charge in [-0.05, 0) is 30.7 Å². The van der Waals surface area contributed by atoms with Crippen LogP contribution in [0.25, 0.3) is 11.3 Å². The van der Waals surface area contributed by atoms with Gasteiger partial charge >= 0.3 is 5.97 Å². The molecule has 0 unspecified atom stereocenters. The van der Waals surface area contributed by atoms with E-state index < -0.39 is 0 Å². The summed E-state index contributed by atoms with van der Waals surface area (Å²) in [5, 5.41) is 8.97.